The van der Waals surface area contributed by atoms with Crippen LogP contribution in [0.3, 0.4) is 0 Å². The zero-order valence-electron chi connectivity index (χ0n) is 22.6. The maximum absolute atomic E-state index is 12.2. The van der Waals surface area contributed by atoms with E-state index in [9.17, 15) is 9.59 Å². The highest BCUT2D eigenvalue weighted by Gasteiger charge is 2.27. The van der Waals surface area contributed by atoms with Crippen LogP contribution >= 0.6 is 0 Å². The number of fused-ring (bicyclic) bond motifs is 1. The molecule has 1 aromatic heterocycles. The first-order valence-electron chi connectivity index (χ1n) is 12.7. The maximum atomic E-state index is 12.2. The van der Waals surface area contributed by atoms with Crippen molar-refractivity contribution in [2.45, 2.75) is 45.3 Å². The van der Waals surface area contributed by atoms with Crippen LogP contribution in [0.1, 0.15) is 44.0 Å². The second-order valence-electron chi connectivity index (χ2n) is 10.1. The minimum atomic E-state index is -0.493. The van der Waals surface area contributed by atoms with Gasteiger partial charge in [-0.1, -0.05) is 0 Å². The van der Waals surface area contributed by atoms with Gasteiger partial charge in [0, 0.05) is 25.5 Å². The van der Waals surface area contributed by atoms with Gasteiger partial charge in [0.25, 0.3) is 0 Å². The van der Waals surface area contributed by atoms with Crippen molar-refractivity contribution in [2.75, 3.05) is 33.4 Å². The summed E-state index contributed by atoms with van der Waals surface area (Å²) in [4.78, 5) is 26.0. The first kappa shape index (κ1) is 27.3. The molecular formula is C28H35N3O7. The number of hydrogen-bond acceptors (Lipinski definition) is 8. The predicted molar refractivity (Wildman–Crippen MR) is 141 cm³/mol. The Balaban J connectivity index is 1.24. The second kappa shape index (κ2) is 11.7. The maximum Gasteiger partial charge on any atom is 0.410 e. The van der Waals surface area contributed by atoms with Gasteiger partial charge in [-0.25, -0.2) is 9.59 Å². The van der Waals surface area contributed by atoms with E-state index < -0.39 is 11.6 Å². The number of likely N-dealkylation sites (tertiary alicyclic amines) is 1. The number of benzene rings is 2. The number of methoxy groups -OCH3 is 1. The Bertz CT molecular complexity index is 1260. The van der Waals surface area contributed by atoms with E-state index in [1.165, 1.54) is 7.11 Å². The van der Waals surface area contributed by atoms with Crippen LogP contribution in [0.4, 0.5) is 4.79 Å². The third-order valence-corrected chi connectivity index (χ3v) is 6.07. The fourth-order valence-corrected chi connectivity index (χ4v) is 4.23. The smallest absolute Gasteiger partial charge is 0.410 e. The molecular weight excluding hydrogens is 490 g/mol. The number of amides is 1. The minimum absolute atomic E-state index is 0.0951. The average molecular weight is 526 g/mol. The molecule has 0 atom stereocenters. The van der Waals surface area contributed by atoms with Gasteiger partial charge in [0.05, 0.1) is 31.6 Å². The number of piperidine rings is 1. The monoisotopic (exact) mass is 525 g/mol. The van der Waals surface area contributed by atoms with E-state index >= 15 is 0 Å². The Morgan fingerprint density at radius 3 is 2.37 bits per heavy atom. The molecule has 204 valence electrons. The van der Waals surface area contributed by atoms with Gasteiger partial charge in [-0.3, -0.25) is 4.68 Å². The molecule has 1 aliphatic rings. The minimum Gasteiger partial charge on any atom is -0.491 e. The number of aromatic nitrogens is 2. The summed E-state index contributed by atoms with van der Waals surface area (Å²) in [7, 11) is 3.16. The summed E-state index contributed by atoms with van der Waals surface area (Å²) in [5.41, 5.74) is 0.665. The van der Waals surface area contributed by atoms with Crippen LogP contribution in [0, 0.1) is 0 Å². The van der Waals surface area contributed by atoms with Crippen LogP contribution in [-0.4, -0.2) is 71.9 Å². The fraction of sp³-hybridized carbons (Fsp3) is 0.464. The largest absolute Gasteiger partial charge is 0.491 e. The number of ether oxygens (including phenoxy) is 5. The van der Waals surface area contributed by atoms with Crippen LogP contribution in [-0.2, 0) is 21.3 Å². The van der Waals surface area contributed by atoms with E-state index in [2.05, 4.69) is 5.10 Å². The summed E-state index contributed by atoms with van der Waals surface area (Å²) in [5, 5.41) is 5.05. The van der Waals surface area contributed by atoms with E-state index in [0.29, 0.717) is 49.1 Å². The zero-order valence-corrected chi connectivity index (χ0v) is 22.6. The molecule has 0 N–H and O–H groups in total. The van der Waals surface area contributed by atoms with Crippen molar-refractivity contribution >= 4 is 23.0 Å². The Morgan fingerprint density at radius 1 is 1.03 bits per heavy atom. The lowest BCUT2D eigenvalue weighted by Crippen LogP contribution is -2.43. The molecule has 10 nitrogen and oxygen atoms in total. The summed E-state index contributed by atoms with van der Waals surface area (Å²) >= 11 is 0. The molecule has 38 heavy (non-hydrogen) atoms. The first-order chi connectivity index (χ1) is 18.1. The highest BCUT2D eigenvalue weighted by molar-refractivity contribution is 5.97. The summed E-state index contributed by atoms with van der Waals surface area (Å²) in [6, 6.07) is 10.6. The molecule has 1 saturated heterocycles. The molecule has 1 amide bonds. The highest BCUT2D eigenvalue weighted by Crippen LogP contribution is 2.32. The molecule has 3 aromatic rings. The normalized spacial score (nSPS) is 14.4. The molecule has 4 rings (SSSR count). The number of carbonyl (C=O) groups excluding carboxylic acids is 2. The van der Waals surface area contributed by atoms with E-state index in [-0.39, 0.29) is 12.2 Å². The molecule has 1 fully saturated rings. The van der Waals surface area contributed by atoms with Gasteiger partial charge in [0.2, 0.25) is 0 Å². The van der Waals surface area contributed by atoms with Gasteiger partial charge in [0.15, 0.2) is 5.75 Å². The quantitative estimate of drug-likeness (QED) is 0.301. The van der Waals surface area contributed by atoms with Gasteiger partial charge < -0.3 is 28.6 Å². The van der Waals surface area contributed by atoms with E-state index in [1.807, 2.05) is 40.0 Å². The van der Waals surface area contributed by atoms with Crippen molar-refractivity contribution in [1.82, 2.24) is 14.7 Å². The molecule has 2 aromatic carbocycles. The van der Waals surface area contributed by atoms with Crippen LogP contribution in [0.25, 0.3) is 10.9 Å². The van der Waals surface area contributed by atoms with Gasteiger partial charge >= 0.3 is 12.1 Å². The van der Waals surface area contributed by atoms with Crippen molar-refractivity contribution in [3.8, 4) is 17.2 Å². The molecule has 0 saturated carbocycles. The SMILES string of the molecule is COC(=O)c1cc(Oc2ccc(OCCOC3CCN(C(=O)OC(C)(C)C)CC3)cc2)c2c(cnn2C)c1. The molecule has 0 unspecified atom stereocenters. The van der Waals surface area contributed by atoms with Crippen LogP contribution in [0.5, 0.6) is 17.2 Å². The fourth-order valence-electron chi connectivity index (χ4n) is 4.23. The lowest BCUT2D eigenvalue weighted by Gasteiger charge is -2.33. The zero-order chi connectivity index (χ0) is 27.3. The van der Waals surface area contributed by atoms with Gasteiger partial charge in [-0.05, 0) is 70.0 Å². The number of rotatable bonds is 8. The standard InChI is InChI=1S/C28H35N3O7/c1-28(2,3)38-27(33)31-12-10-22(11-13-31)36-15-14-35-21-6-8-23(9-7-21)37-24-17-19(26(32)34-5)16-20-18-29-30(4)25(20)24/h6-9,16-18,22H,10-15H2,1-5H3. The second-order valence-corrected chi connectivity index (χ2v) is 10.1. The third kappa shape index (κ3) is 6.95. The first-order valence-corrected chi connectivity index (χ1v) is 12.7. The molecule has 2 heterocycles. The Labute approximate surface area is 222 Å². The molecule has 1 aliphatic heterocycles. The molecule has 0 bridgehead atoms. The predicted octanol–water partition coefficient (Wildman–Crippen LogP) is 4.95. The molecule has 0 spiro atoms. The van der Waals surface area contributed by atoms with E-state index in [4.69, 9.17) is 23.7 Å². The average Bonchev–Trinajstić information content (AvgIpc) is 3.27. The van der Waals surface area contributed by atoms with E-state index in [1.54, 1.807) is 40.0 Å². The lowest BCUT2D eigenvalue weighted by molar-refractivity contribution is -0.0177. The number of esters is 1. The summed E-state index contributed by atoms with van der Waals surface area (Å²) in [5.74, 6) is 1.34. The molecule has 10 heteroatoms. The molecule has 0 radical (unpaired) electrons. The topological polar surface area (TPSA) is 101 Å². The summed E-state index contributed by atoms with van der Waals surface area (Å²) in [6.07, 6.45) is 3.04. The van der Waals surface area contributed by atoms with Gasteiger partial charge in [0.1, 0.15) is 29.2 Å². The third-order valence-electron chi connectivity index (χ3n) is 6.07. The summed E-state index contributed by atoms with van der Waals surface area (Å²) < 4.78 is 29.9. The van der Waals surface area contributed by atoms with Crippen molar-refractivity contribution in [1.29, 1.82) is 0 Å². The lowest BCUT2D eigenvalue weighted by atomic mass is 10.1. The molecule has 0 aliphatic carbocycles. The van der Waals surface area contributed by atoms with E-state index in [0.717, 1.165) is 23.7 Å². The highest BCUT2D eigenvalue weighted by atomic mass is 16.6. The number of carbonyl (C=O) groups is 2. The summed E-state index contributed by atoms with van der Waals surface area (Å²) in [6.45, 7) is 7.70. The van der Waals surface area contributed by atoms with Crippen molar-refractivity contribution in [2.24, 2.45) is 7.05 Å². The van der Waals surface area contributed by atoms with Crippen LogP contribution in [0.2, 0.25) is 0 Å². The van der Waals surface area contributed by atoms with Crippen molar-refractivity contribution in [3.63, 3.8) is 0 Å². The number of hydrogen-bond donors (Lipinski definition) is 0. The Kier molecular flexibility index (Phi) is 8.41. The van der Waals surface area contributed by atoms with Crippen LogP contribution < -0.4 is 9.47 Å². The van der Waals surface area contributed by atoms with Crippen molar-refractivity contribution in [3.05, 3.63) is 48.2 Å². The van der Waals surface area contributed by atoms with Crippen molar-refractivity contribution < 1.29 is 33.3 Å². The van der Waals surface area contributed by atoms with Gasteiger partial charge in [-0.15, -0.1) is 0 Å². The Hall–Kier alpha value is -3.79. The number of nitrogens with zero attached hydrogens (tertiary/aromatic N) is 3. The van der Waals surface area contributed by atoms with Gasteiger partial charge in [-0.2, -0.15) is 5.10 Å². The number of aryl methyl sites for hydroxylation is 1. The Morgan fingerprint density at radius 2 is 1.71 bits per heavy atom. The van der Waals surface area contributed by atoms with Crippen LogP contribution in [0.15, 0.2) is 42.6 Å².